The number of carbonyl (C=O) groups excluding carboxylic acids is 1. The molecule has 0 radical (unpaired) electrons. The quantitative estimate of drug-likeness (QED) is 0.589. The summed E-state index contributed by atoms with van der Waals surface area (Å²) in [6.45, 7) is 2.89. The van der Waals surface area contributed by atoms with Crippen molar-refractivity contribution in [1.29, 1.82) is 0 Å². The molecular weight excluding hydrogens is 364 g/mol. The number of nitrogens with zero attached hydrogens (tertiary/aromatic N) is 2. The van der Waals surface area contributed by atoms with Gasteiger partial charge in [-0.15, -0.1) is 0 Å². The molecule has 3 rings (SSSR count). The predicted octanol–water partition coefficient (Wildman–Crippen LogP) is 2.57. The first kappa shape index (κ1) is 20.3. The van der Waals surface area contributed by atoms with Gasteiger partial charge in [0.1, 0.15) is 6.54 Å². The van der Waals surface area contributed by atoms with Crippen LogP contribution < -0.4 is 16.2 Å². The minimum atomic E-state index is -0.281. The van der Waals surface area contributed by atoms with Gasteiger partial charge in [0, 0.05) is 25.0 Å². The first-order chi connectivity index (χ1) is 14.1. The van der Waals surface area contributed by atoms with Crippen molar-refractivity contribution in [2.45, 2.75) is 26.3 Å². The second-order valence-corrected chi connectivity index (χ2v) is 6.89. The third-order valence-electron chi connectivity index (χ3n) is 4.68. The van der Waals surface area contributed by atoms with E-state index in [-0.39, 0.29) is 23.8 Å². The molecule has 0 unspecified atom stereocenters. The summed E-state index contributed by atoms with van der Waals surface area (Å²) in [6, 6.07) is 20.0. The maximum Gasteiger partial charge on any atom is 0.293 e. The number of carbonyl (C=O) groups is 1. The molecule has 0 aliphatic carbocycles. The fourth-order valence-electron chi connectivity index (χ4n) is 3.05. The molecule has 1 heterocycles. The van der Waals surface area contributed by atoms with Crippen LogP contribution in [0.5, 0.6) is 0 Å². The fraction of sp³-hybridized carbons (Fsp3) is 0.261. The molecule has 2 aromatic carbocycles. The van der Waals surface area contributed by atoms with E-state index in [9.17, 15) is 9.59 Å². The Hall–Kier alpha value is -3.41. The molecule has 0 saturated heterocycles. The Morgan fingerprint density at radius 3 is 2.14 bits per heavy atom. The van der Waals surface area contributed by atoms with Crippen LogP contribution in [-0.2, 0) is 24.2 Å². The van der Waals surface area contributed by atoms with Gasteiger partial charge in [0.15, 0.2) is 5.82 Å². The van der Waals surface area contributed by atoms with E-state index in [0.717, 1.165) is 18.4 Å². The van der Waals surface area contributed by atoms with E-state index in [1.54, 1.807) is 13.1 Å². The lowest BCUT2D eigenvalue weighted by Crippen LogP contribution is -2.35. The van der Waals surface area contributed by atoms with E-state index in [2.05, 4.69) is 15.6 Å². The van der Waals surface area contributed by atoms with Gasteiger partial charge in [0.05, 0.1) is 0 Å². The van der Waals surface area contributed by atoms with Crippen LogP contribution in [0.2, 0.25) is 0 Å². The molecule has 0 bridgehead atoms. The van der Waals surface area contributed by atoms with Crippen LogP contribution in [0.1, 0.15) is 16.8 Å². The van der Waals surface area contributed by atoms with Gasteiger partial charge in [-0.1, -0.05) is 60.7 Å². The smallest absolute Gasteiger partial charge is 0.293 e. The van der Waals surface area contributed by atoms with E-state index in [1.807, 2.05) is 60.7 Å². The summed E-state index contributed by atoms with van der Waals surface area (Å²) in [5.74, 6) is 0.0798. The summed E-state index contributed by atoms with van der Waals surface area (Å²) in [4.78, 5) is 29.2. The van der Waals surface area contributed by atoms with Crippen LogP contribution in [-0.4, -0.2) is 28.5 Å². The molecule has 0 spiro atoms. The number of hydrogen-bond donors (Lipinski definition) is 2. The maximum atomic E-state index is 12.7. The Kier molecular flexibility index (Phi) is 7.16. The molecule has 1 amide bonds. The number of aromatic nitrogens is 2. The second-order valence-electron chi connectivity index (χ2n) is 6.89. The monoisotopic (exact) mass is 390 g/mol. The van der Waals surface area contributed by atoms with Crippen molar-refractivity contribution in [3.8, 4) is 0 Å². The molecule has 0 fully saturated rings. The zero-order valence-corrected chi connectivity index (χ0v) is 16.6. The molecule has 3 aromatic rings. The number of anilines is 1. The number of aryl methyl sites for hydroxylation is 1. The topological polar surface area (TPSA) is 76.0 Å². The van der Waals surface area contributed by atoms with Gasteiger partial charge in [-0.05, 0) is 30.9 Å². The Morgan fingerprint density at radius 2 is 1.52 bits per heavy atom. The summed E-state index contributed by atoms with van der Waals surface area (Å²) in [7, 11) is 0. The lowest BCUT2D eigenvalue weighted by atomic mass is 10.1. The molecule has 2 N–H and O–H groups in total. The lowest BCUT2D eigenvalue weighted by molar-refractivity contribution is -0.121. The average Bonchev–Trinajstić information content (AvgIpc) is 2.74. The van der Waals surface area contributed by atoms with E-state index in [1.165, 1.54) is 10.1 Å². The van der Waals surface area contributed by atoms with Crippen molar-refractivity contribution < 1.29 is 4.79 Å². The van der Waals surface area contributed by atoms with Gasteiger partial charge in [0.25, 0.3) is 5.56 Å². The van der Waals surface area contributed by atoms with E-state index in [0.29, 0.717) is 18.8 Å². The summed E-state index contributed by atoms with van der Waals surface area (Å²) in [6.07, 6.45) is 3.16. The Labute approximate surface area is 170 Å². The number of nitrogens with one attached hydrogen (secondary N) is 2. The van der Waals surface area contributed by atoms with Gasteiger partial charge in [-0.25, -0.2) is 4.98 Å². The van der Waals surface area contributed by atoms with Crippen LogP contribution in [0.3, 0.4) is 0 Å². The molecule has 0 aliphatic heterocycles. The van der Waals surface area contributed by atoms with Crippen molar-refractivity contribution in [3.63, 3.8) is 0 Å². The summed E-state index contributed by atoms with van der Waals surface area (Å²) in [5.41, 5.74) is 2.72. The first-order valence-corrected chi connectivity index (χ1v) is 9.78. The highest BCUT2D eigenvalue weighted by Gasteiger charge is 2.11. The Balaban J connectivity index is 1.55. The fourth-order valence-corrected chi connectivity index (χ4v) is 3.05. The van der Waals surface area contributed by atoms with Crippen LogP contribution >= 0.6 is 0 Å². The van der Waals surface area contributed by atoms with Crippen LogP contribution in [0, 0.1) is 6.92 Å². The molecule has 29 heavy (non-hydrogen) atoms. The predicted molar refractivity (Wildman–Crippen MR) is 115 cm³/mol. The van der Waals surface area contributed by atoms with Crippen LogP contribution in [0.15, 0.2) is 71.7 Å². The molecule has 1 aromatic heterocycles. The van der Waals surface area contributed by atoms with Gasteiger partial charge >= 0.3 is 0 Å². The lowest BCUT2D eigenvalue weighted by Gasteiger charge is -2.12. The largest absolute Gasteiger partial charge is 0.365 e. The third kappa shape index (κ3) is 6.04. The van der Waals surface area contributed by atoms with E-state index < -0.39 is 0 Å². The Bertz CT molecular complexity index is 985. The summed E-state index contributed by atoms with van der Waals surface area (Å²) in [5, 5.41) is 5.97. The molecular formula is C23H26N4O2. The number of amides is 1. The minimum Gasteiger partial charge on any atom is -0.365 e. The van der Waals surface area contributed by atoms with Crippen molar-refractivity contribution >= 4 is 11.7 Å². The van der Waals surface area contributed by atoms with Crippen molar-refractivity contribution in [2.75, 3.05) is 18.4 Å². The second kappa shape index (κ2) is 10.2. The average molecular weight is 390 g/mol. The normalized spacial score (nSPS) is 10.5. The van der Waals surface area contributed by atoms with Crippen molar-refractivity contribution in [1.82, 2.24) is 14.9 Å². The van der Waals surface area contributed by atoms with Crippen LogP contribution in [0.4, 0.5) is 5.82 Å². The minimum absolute atomic E-state index is 0.0185. The van der Waals surface area contributed by atoms with Gasteiger partial charge in [-0.2, -0.15) is 0 Å². The highest BCUT2D eigenvalue weighted by molar-refractivity contribution is 5.75. The molecule has 150 valence electrons. The third-order valence-corrected chi connectivity index (χ3v) is 4.68. The zero-order chi connectivity index (χ0) is 20.5. The standard InChI is InChI=1S/C23H26N4O2/c1-18-16-26-22(25-15-13-20-10-6-3-7-11-20)23(29)27(18)17-21(28)24-14-12-19-8-4-2-5-9-19/h2-11,16H,12-15,17H2,1H3,(H,24,28)(H,25,26). The number of rotatable bonds is 9. The van der Waals surface area contributed by atoms with Gasteiger partial charge in [-0.3, -0.25) is 14.2 Å². The van der Waals surface area contributed by atoms with Crippen molar-refractivity contribution in [2.24, 2.45) is 0 Å². The molecule has 0 aliphatic rings. The Morgan fingerprint density at radius 1 is 0.931 bits per heavy atom. The van der Waals surface area contributed by atoms with Crippen molar-refractivity contribution in [3.05, 3.63) is 94.0 Å². The maximum absolute atomic E-state index is 12.7. The highest BCUT2D eigenvalue weighted by atomic mass is 16.2. The van der Waals surface area contributed by atoms with Gasteiger partial charge in [0.2, 0.25) is 5.91 Å². The first-order valence-electron chi connectivity index (χ1n) is 9.78. The molecule has 0 atom stereocenters. The van der Waals surface area contributed by atoms with Crippen LogP contribution in [0.25, 0.3) is 0 Å². The molecule has 6 heteroatoms. The molecule has 0 saturated carbocycles. The SMILES string of the molecule is Cc1cnc(NCCc2ccccc2)c(=O)n1CC(=O)NCCc1ccccc1. The van der Waals surface area contributed by atoms with E-state index >= 15 is 0 Å². The zero-order valence-electron chi connectivity index (χ0n) is 16.6. The van der Waals surface area contributed by atoms with E-state index in [4.69, 9.17) is 0 Å². The number of benzene rings is 2. The summed E-state index contributed by atoms with van der Waals surface area (Å²) >= 11 is 0. The highest BCUT2D eigenvalue weighted by Crippen LogP contribution is 2.02. The summed E-state index contributed by atoms with van der Waals surface area (Å²) < 4.78 is 1.45. The number of hydrogen-bond acceptors (Lipinski definition) is 4. The molecule has 6 nitrogen and oxygen atoms in total. The van der Waals surface area contributed by atoms with Gasteiger partial charge < -0.3 is 10.6 Å².